The van der Waals surface area contributed by atoms with Crippen molar-refractivity contribution >= 4 is 11.9 Å². The molecule has 0 aliphatic rings. The summed E-state index contributed by atoms with van der Waals surface area (Å²) in [6.07, 6.45) is 0. The summed E-state index contributed by atoms with van der Waals surface area (Å²) in [5, 5.41) is 14.0. The average molecular weight is 361 g/mol. The zero-order valence-electron chi connectivity index (χ0n) is 15.3. The molecule has 0 saturated carbocycles. The van der Waals surface area contributed by atoms with Gasteiger partial charge in [0.05, 0.1) is 7.11 Å². The van der Waals surface area contributed by atoms with E-state index in [0.29, 0.717) is 23.7 Å². The zero-order valence-corrected chi connectivity index (χ0v) is 15.3. The van der Waals surface area contributed by atoms with E-state index in [2.05, 4.69) is 20.8 Å². The molecule has 0 aliphatic carbocycles. The van der Waals surface area contributed by atoms with Crippen molar-refractivity contribution in [3.63, 3.8) is 0 Å². The molecule has 26 heavy (non-hydrogen) atoms. The van der Waals surface area contributed by atoms with Crippen LogP contribution in [0.2, 0.25) is 0 Å². The molecule has 0 aliphatic heterocycles. The molecule has 2 aromatic rings. The number of nitrogens with zero attached hydrogens (tertiary/aromatic N) is 4. The van der Waals surface area contributed by atoms with E-state index in [0.717, 1.165) is 0 Å². The van der Waals surface area contributed by atoms with Gasteiger partial charge in [0.1, 0.15) is 18.4 Å². The highest BCUT2D eigenvalue weighted by molar-refractivity contribution is 5.97. The Morgan fingerprint density at radius 3 is 2.73 bits per heavy atom. The minimum Gasteiger partial charge on any atom is -0.486 e. The Bertz CT molecular complexity index is 759. The van der Waals surface area contributed by atoms with Gasteiger partial charge in [0.2, 0.25) is 0 Å². The Balaban J connectivity index is 2.05. The predicted molar refractivity (Wildman–Crippen MR) is 92.4 cm³/mol. The first-order valence-corrected chi connectivity index (χ1v) is 8.32. The van der Waals surface area contributed by atoms with Crippen molar-refractivity contribution in [1.82, 2.24) is 25.5 Å². The van der Waals surface area contributed by atoms with E-state index in [1.807, 2.05) is 20.8 Å². The fourth-order valence-corrected chi connectivity index (χ4v) is 2.30. The van der Waals surface area contributed by atoms with Crippen molar-refractivity contribution in [2.75, 3.05) is 7.11 Å². The van der Waals surface area contributed by atoms with Crippen LogP contribution in [0.25, 0.3) is 0 Å². The van der Waals surface area contributed by atoms with Crippen LogP contribution in [0.15, 0.2) is 24.3 Å². The third-order valence-electron chi connectivity index (χ3n) is 3.78. The number of rotatable bonds is 8. The Hall–Kier alpha value is -2.97. The number of aromatic nitrogens is 4. The highest BCUT2D eigenvalue weighted by Gasteiger charge is 2.25. The highest BCUT2D eigenvalue weighted by Crippen LogP contribution is 2.15. The van der Waals surface area contributed by atoms with E-state index in [9.17, 15) is 9.59 Å². The van der Waals surface area contributed by atoms with Gasteiger partial charge in [-0.25, -0.2) is 9.48 Å². The van der Waals surface area contributed by atoms with Crippen molar-refractivity contribution < 1.29 is 19.1 Å². The second kappa shape index (κ2) is 8.93. The zero-order chi connectivity index (χ0) is 19.1. The molecule has 1 heterocycles. The fraction of sp³-hybridized carbons (Fsp3) is 0.471. The molecule has 0 fully saturated rings. The largest absolute Gasteiger partial charge is 0.486 e. The monoisotopic (exact) mass is 361 g/mol. The number of hydrogen-bond donors (Lipinski definition) is 1. The molecule has 1 atom stereocenters. The lowest BCUT2D eigenvalue weighted by atomic mass is 10.0. The molecule has 1 N–H and O–H groups in total. The van der Waals surface area contributed by atoms with Crippen LogP contribution in [0.1, 0.15) is 37.0 Å². The molecule has 0 saturated heterocycles. The number of amides is 1. The van der Waals surface area contributed by atoms with E-state index in [1.165, 1.54) is 7.11 Å². The average Bonchev–Trinajstić information content (AvgIpc) is 3.11. The van der Waals surface area contributed by atoms with Crippen molar-refractivity contribution in [2.45, 2.75) is 40.0 Å². The second-order valence-electron chi connectivity index (χ2n) is 5.95. The number of aryl methyl sites for hydroxylation is 1. The number of carbonyl (C=O) groups excluding carboxylic acids is 2. The molecule has 140 valence electrons. The maximum Gasteiger partial charge on any atom is 0.328 e. The summed E-state index contributed by atoms with van der Waals surface area (Å²) in [4.78, 5) is 24.3. The lowest BCUT2D eigenvalue weighted by molar-refractivity contribution is -0.144. The number of tetrazole rings is 1. The lowest BCUT2D eigenvalue weighted by Gasteiger charge is -2.19. The second-order valence-corrected chi connectivity index (χ2v) is 5.95. The maximum absolute atomic E-state index is 12.5. The topological polar surface area (TPSA) is 108 Å². The number of nitrogens with one attached hydrogen (secondary N) is 1. The van der Waals surface area contributed by atoms with Crippen molar-refractivity contribution in [3.8, 4) is 5.75 Å². The van der Waals surface area contributed by atoms with Gasteiger partial charge in [-0.2, -0.15) is 0 Å². The Labute approximate surface area is 151 Å². The van der Waals surface area contributed by atoms with Gasteiger partial charge in [0.15, 0.2) is 5.82 Å². The van der Waals surface area contributed by atoms with E-state index < -0.39 is 12.0 Å². The first-order chi connectivity index (χ1) is 12.5. The molecule has 0 bridgehead atoms. The van der Waals surface area contributed by atoms with Crippen LogP contribution < -0.4 is 10.1 Å². The number of carbonyl (C=O) groups is 2. The van der Waals surface area contributed by atoms with Crippen LogP contribution in [0.5, 0.6) is 5.75 Å². The first-order valence-electron chi connectivity index (χ1n) is 8.32. The molecule has 1 unspecified atom stereocenters. The Kier molecular flexibility index (Phi) is 6.65. The molecule has 9 nitrogen and oxygen atoms in total. The summed E-state index contributed by atoms with van der Waals surface area (Å²) in [6, 6.07) is 5.97. The maximum atomic E-state index is 12.5. The van der Waals surface area contributed by atoms with Gasteiger partial charge in [0, 0.05) is 12.1 Å². The Morgan fingerprint density at radius 2 is 2.08 bits per heavy atom. The van der Waals surface area contributed by atoms with Crippen LogP contribution >= 0.6 is 0 Å². The first kappa shape index (κ1) is 19.4. The summed E-state index contributed by atoms with van der Waals surface area (Å²) in [7, 11) is 1.29. The van der Waals surface area contributed by atoms with Crippen molar-refractivity contribution in [2.24, 2.45) is 5.92 Å². The van der Waals surface area contributed by atoms with E-state index in [1.54, 1.807) is 28.9 Å². The number of benzene rings is 1. The fourth-order valence-electron chi connectivity index (χ4n) is 2.30. The molecule has 1 amide bonds. The van der Waals surface area contributed by atoms with Crippen molar-refractivity contribution in [3.05, 3.63) is 35.7 Å². The van der Waals surface area contributed by atoms with Gasteiger partial charge in [-0.1, -0.05) is 19.9 Å². The predicted octanol–water partition coefficient (Wildman–Crippen LogP) is 1.20. The van der Waals surface area contributed by atoms with Gasteiger partial charge in [-0.05, 0) is 41.5 Å². The van der Waals surface area contributed by atoms with Crippen LogP contribution in [0.3, 0.4) is 0 Å². The van der Waals surface area contributed by atoms with E-state index >= 15 is 0 Å². The van der Waals surface area contributed by atoms with Gasteiger partial charge < -0.3 is 14.8 Å². The molecule has 1 aromatic heterocycles. The van der Waals surface area contributed by atoms with Crippen LogP contribution in [0, 0.1) is 5.92 Å². The van der Waals surface area contributed by atoms with Crippen LogP contribution in [-0.4, -0.2) is 45.2 Å². The molecule has 0 radical (unpaired) electrons. The van der Waals surface area contributed by atoms with E-state index in [-0.39, 0.29) is 18.4 Å². The van der Waals surface area contributed by atoms with Crippen LogP contribution in [0.4, 0.5) is 0 Å². The van der Waals surface area contributed by atoms with Crippen molar-refractivity contribution in [1.29, 1.82) is 0 Å². The minimum atomic E-state index is -0.716. The lowest BCUT2D eigenvalue weighted by Crippen LogP contribution is -2.45. The number of ether oxygens (including phenoxy) is 2. The van der Waals surface area contributed by atoms with Gasteiger partial charge >= 0.3 is 5.97 Å². The summed E-state index contributed by atoms with van der Waals surface area (Å²) in [6.45, 7) is 6.41. The van der Waals surface area contributed by atoms with Gasteiger partial charge in [-0.3, -0.25) is 4.79 Å². The number of hydrogen-bond acceptors (Lipinski definition) is 7. The van der Waals surface area contributed by atoms with Gasteiger partial charge in [0.25, 0.3) is 5.91 Å². The molecule has 9 heteroatoms. The summed E-state index contributed by atoms with van der Waals surface area (Å²) in [5.41, 5.74) is 0.382. The summed E-state index contributed by atoms with van der Waals surface area (Å²) >= 11 is 0. The number of methoxy groups -OCH3 is 1. The molecular weight excluding hydrogens is 338 g/mol. The molecular formula is C17H23N5O4. The smallest absolute Gasteiger partial charge is 0.328 e. The van der Waals surface area contributed by atoms with Crippen LogP contribution in [-0.2, 0) is 22.7 Å². The highest BCUT2D eigenvalue weighted by atomic mass is 16.5. The quantitative estimate of drug-likeness (QED) is 0.704. The summed E-state index contributed by atoms with van der Waals surface area (Å²) in [5.74, 6) is 0.138. The number of esters is 1. The van der Waals surface area contributed by atoms with E-state index in [4.69, 9.17) is 9.47 Å². The molecule has 1 aromatic carbocycles. The normalized spacial score (nSPS) is 11.9. The summed E-state index contributed by atoms with van der Waals surface area (Å²) < 4.78 is 12.0. The Morgan fingerprint density at radius 1 is 1.31 bits per heavy atom. The third kappa shape index (κ3) is 4.78. The SMILES string of the molecule is CCn1nnnc1COc1cccc(C(=O)NC(C(=O)OC)C(C)C)c1. The molecule has 0 spiro atoms. The third-order valence-corrected chi connectivity index (χ3v) is 3.78. The minimum absolute atomic E-state index is 0.0984. The molecule has 2 rings (SSSR count). The van der Waals surface area contributed by atoms with Gasteiger partial charge in [-0.15, -0.1) is 5.10 Å². The standard InChI is InChI=1S/C17H23N5O4/c1-5-22-14(19-20-21-22)10-26-13-8-6-7-12(9-13)16(23)18-15(11(2)3)17(24)25-4/h6-9,11,15H,5,10H2,1-4H3,(H,18,23).